The van der Waals surface area contributed by atoms with Crippen LogP contribution >= 0.6 is 11.6 Å². The van der Waals surface area contributed by atoms with Crippen LogP contribution in [0.2, 0.25) is 5.15 Å². The summed E-state index contributed by atoms with van der Waals surface area (Å²) in [6.07, 6.45) is 2.25. The maximum Gasteiger partial charge on any atom is 0.244 e. The quantitative estimate of drug-likeness (QED) is 0.803. The first kappa shape index (κ1) is 13.8. The molecule has 0 saturated carbocycles. The van der Waals surface area contributed by atoms with Crippen molar-refractivity contribution in [3.63, 3.8) is 0 Å². The summed E-state index contributed by atoms with van der Waals surface area (Å²) >= 11 is 5.67. The highest BCUT2D eigenvalue weighted by Gasteiger charge is 2.33. The highest BCUT2D eigenvalue weighted by atomic mass is 35.5. The normalized spacial score (nSPS) is 21.7. The fourth-order valence-electron chi connectivity index (χ4n) is 2.18. The third kappa shape index (κ3) is 2.68. The van der Waals surface area contributed by atoms with Gasteiger partial charge in [0.25, 0.3) is 0 Å². The van der Waals surface area contributed by atoms with Crippen LogP contribution in [0.15, 0.2) is 23.2 Å². The van der Waals surface area contributed by atoms with Crippen LogP contribution in [0.3, 0.4) is 0 Å². The van der Waals surface area contributed by atoms with E-state index in [1.54, 1.807) is 4.31 Å². The maximum absolute atomic E-state index is 12.4. The highest BCUT2D eigenvalue weighted by Crippen LogP contribution is 2.28. The number of pyridine rings is 1. The zero-order valence-electron chi connectivity index (χ0n) is 10.5. The molecule has 1 aliphatic rings. The molecule has 100 valence electrons. The molecule has 0 amide bonds. The zero-order valence-corrected chi connectivity index (χ0v) is 12.1. The van der Waals surface area contributed by atoms with Gasteiger partial charge in [-0.1, -0.05) is 25.4 Å². The van der Waals surface area contributed by atoms with Gasteiger partial charge in [0.2, 0.25) is 10.0 Å². The second kappa shape index (κ2) is 5.15. The van der Waals surface area contributed by atoms with Crippen LogP contribution in [0.4, 0.5) is 0 Å². The molecule has 0 bridgehead atoms. The molecule has 1 aromatic rings. The van der Waals surface area contributed by atoms with Gasteiger partial charge in [0.1, 0.15) is 10.0 Å². The molecule has 6 heteroatoms. The van der Waals surface area contributed by atoms with Gasteiger partial charge in [-0.05, 0) is 30.4 Å². The van der Waals surface area contributed by atoms with Crippen LogP contribution in [0.1, 0.15) is 20.3 Å². The van der Waals surface area contributed by atoms with Crippen molar-refractivity contribution in [1.82, 2.24) is 9.29 Å². The predicted molar refractivity (Wildman–Crippen MR) is 71.0 cm³/mol. The minimum absolute atomic E-state index is 0.219. The Labute approximate surface area is 113 Å². The fourth-order valence-corrected chi connectivity index (χ4v) is 3.75. The molecule has 1 unspecified atom stereocenters. The van der Waals surface area contributed by atoms with E-state index in [4.69, 9.17) is 11.6 Å². The van der Waals surface area contributed by atoms with Crippen LogP contribution in [0, 0.1) is 11.8 Å². The first-order chi connectivity index (χ1) is 8.41. The van der Waals surface area contributed by atoms with E-state index < -0.39 is 10.0 Å². The van der Waals surface area contributed by atoms with Gasteiger partial charge >= 0.3 is 0 Å². The van der Waals surface area contributed by atoms with Crippen LogP contribution < -0.4 is 0 Å². The molecule has 1 aromatic heterocycles. The Kier molecular flexibility index (Phi) is 3.94. The summed E-state index contributed by atoms with van der Waals surface area (Å²) in [4.78, 5) is 4.05. The van der Waals surface area contributed by atoms with E-state index in [2.05, 4.69) is 18.8 Å². The Balaban J connectivity index is 2.20. The van der Waals surface area contributed by atoms with Gasteiger partial charge in [-0.2, -0.15) is 4.31 Å². The molecule has 1 atom stereocenters. The molecular weight excluding hydrogens is 272 g/mol. The van der Waals surface area contributed by atoms with Gasteiger partial charge in [0.15, 0.2) is 0 Å². The third-order valence-corrected chi connectivity index (χ3v) is 5.54. The smallest absolute Gasteiger partial charge is 0.243 e. The summed E-state index contributed by atoms with van der Waals surface area (Å²) in [6.45, 7) is 5.45. The molecule has 0 spiro atoms. The number of hydrogen-bond acceptors (Lipinski definition) is 3. The van der Waals surface area contributed by atoms with Crippen LogP contribution in [0.25, 0.3) is 0 Å². The molecule has 1 aliphatic heterocycles. The monoisotopic (exact) mass is 288 g/mol. The lowest BCUT2D eigenvalue weighted by atomic mass is 9.96. The van der Waals surface area contributed by atoms with Crippen molar-refractivity contribution in [3.05, 3.63) is 23.5 Å². The average Bonchev–Trinajstić information content (AvgIpc) is 2.79. The predicted octanol–water partition coefficient (Wildman–Crippen LogP) is 2.40. The SMILES string of the molecule is CC(C)C1CCN(S(=O)(=O)c2ccc(Cl)nc2)C1. The Hall–Kier alpha value is -0.650. The van der Waals surface area contributed by atoms with E-state index in [-0.39, 0.29) is 4.90 Å². The molecule has 2 rings (SSSR count). The van der Waals surface area contributed by atoms with E-state index in [1.807, 2.05) is 0 Å². The van der Waals surface area contributed by atoms with Crippen molar-refractivity contribution in [3.8, 4) is 0 Å². The van der Waals surface area contributed by atoms with E-state index >= 15 is 0 Å². The number of hydrogen-bond donors (Lipinski definition) is 0. The molecule has 0 aromatic carbocycles. The standard InChI is InChI=1S/C12H17ClN2O2S/c1-9(2)10-5-6-15(8-10)18(16,17)11-3-4-12(13)14-7-11/h3-4,7,9-10H,5-6,8H2,1-2H3. The summed E-state index contributed by atoms with van der Waals surface area (Å²) in [5.74, 6) is 0.952. The van der Waals surface area contributed by atoms with Crippen molar-refractivity contribution >= 4 is 21.6 Å². The number of nitrogens with zero attached hydrogens (tertiary/aromatic N) is 2. The van der Waals surface area contributed by atoms with Crippen molar-refractivity contribution in [2.75, 3.05) is 13.1 Å². The van der Waals surface area contributed by atoms with Gasteiger partial charge in [-0.15, -0.1) is 0 Å². The molecule has 2 heterocycles. The summed E-state index contributed by atoms with van der Waals surface area (Å²) in [5.41, 5.74) is 0. The summed E-state index contributed by atoms with van der Waals surface area (Å²) in [7, 11) is -3.41. The lowest BCUT2D eigenvalue weighted by Gasteiger charge is -2.17. The lowest BCUT2D eigenvalue weighted by Crippen LogP contribution is -2.29. The zero-order chi connectivity index (χ0) is 13.3. The molecule has 0 radical (unpaired) electrons. The molecule has 4 nitrogen and oxygen atoms in total. The van der Waals surface area contributed by atoms with Crippen molar-refractivity contribution < 1.29 is 8.42 Å². The molecule has 0 aliphatic carbocycles. The second-order valence-electron chi connectivity index (χ2n) is 4.97. The lowest BCUT2D eigenvalue weighted by molar-refractivity contribution is 0.388. The number of rotatable bonds is 3. The van der Waals surface area contributed by atoms with Crippen LogP contribution in [-0.2, 0) is 10.0 Å². The Morgan fingerprint density at radius 1 is 1.44 bits per heavy atom. The molecular formula is C12H17ClN2O2S. The Morgan fingerprint density at radius 3 is 2.67 bits per heavy atom. The van der Waals surface area contributed by atoms with E-state index in [1.165, 1.54) is 18.3 Å². The molecule has 18 heavy (non-hydrogen) atoms. The minimum Gasteiger partial charge on any atom is -0.243 e. The summed E-state index contributed by atoms with van der Waals surface area (Å²) in [6, 6.07) is 3.01. The first-order valence-electron chi connectivity index (χ1n) is 6.03. The molecule has 1 fully saturated rings. The van der Waals surface area contributed by atoms with Crippen LogP contribution in [0.5, 0.6) is 0 Å². The van der Waals surface area contributed by atoms with Gasteiger partial charge in [-0.25, -0.2) is 13.4 Å². The first-order valence-corrected chi connectivity index (χ1v) is 7.85. The third-order valence-electron chi connectivity index (χ3n) is 3.47. The van der Waals surface area contributed by atoms with Crippen LogP contribution in [-0.4, -0.2) is 30.8 Å². The van der Waals surface area contributed by atoms with Crippen molar-refractivity contribution in [1.29, 1.82) is 0 Å². The van der Waals surface area contributed by atoms with Crippen molar-refractivity contribution in [2.24, 2.45) is 11.8 Å². The van der Waals surface area contributed by atoms with E-state index in [0.717, 1.165) is 6.42 Å². The van der Waals surface area contributed by atoms with Gasteiger partial charge in [-0.3, -0.25) is 0 Å². The Bertz CT molecular complexity index is 513. The largest absolute Gasteiger partial charge is 0.244 e. The highest BCUT2D eigenvalue weighted by molar-refractivity contribution is 7.89. The second-order valence-corrected chi connectivity index (χ2v) is 7.30. The van der Waals surface area contributed by atoms with Gasteiger partial charge in [0.05, 0.1) is 0 Å². The maximum atomic E-state index is 12.4. The summed E-state index contributed by atoms with van der Waals surface area (Å²) < 4.78 is 26.3. The van der Waals surface area contributed by atoms with E-state index in [9.17, 15) is 8.42 Å². The van der Waals surface area contributed by atoms with E-state index in [0.29, 0.717) is 30.1 Å². The van der Waals surface area contributed by atoms with Gasteiger partial charge < -0.3 is 0 Å². The van der Waals surface area contributed by atoms with Crippen molar-refractivity contribution in [2.45, 2.75) is 25.2 Å². The van der Waals surface area contributed by atoms with Gasteiger partial charge in [0, 0.05) is 19.3 Å². The molecule has 0 N–H and O–H groups in total. The minimum atomic E-state index is -3.41. The number of aromatic nitrogens is 1. The number of halogens is 1. The average molecular weight is 289 g/mol. The number of sulfonamides is 1. The summed E-state index contributed by atoms with van der Waals surface area (Å²) in [5, 5.41) is 0.301. The topological polar surface area (TPSA) is 50.3 Å². The molecule has 1 saturated heterocycles. The fraction of sp³-hybridized carbons (Fsp3) is 0.583. The Morgan fingerprint density at radius 2 is 2.17 bits per heavy atom.